The number of rotatable bonds is 3. The number of carbonyl (C=O) groups excluding carboxylic acids is 6. The topological polar surface area (TPSA) is 239 Å². The zero-order valence-corrected chi connectivity index (χ0v) is 21.3. The minimum Gasteiger partial charge on any atom is -0.391 e. The maximum atomic E-state index is 13.1. The van der Waals surface area contributed by atoms with Gasteiger partial charge in [0.25, 0.3) is 11.8 Å². The van der Waals surface area contributed by atoms with Gasteiger partial charge in [-0.15, -0.1) is 0 Å². The van der Waals surface area contributed by atoms with E-state index in [4.69, 9.17) is 15.2 Å². The molecule has 16 heteroatoms. The monoisotopic (exact) mass is 543 g/mol. The minimum atomic E-state index is -1.53. The number of hydrogen-bond acceptors (Lipinski definition) is 9. The Kier molecular flexibility index (Phi) is 12.2. The number of hydrogen-bond donors (Lipinski definition) is 8. The molecule has 9 N–H and O–H groups in total. The summed E-state index contributed by atoms with van der Waals surface area (Å²) in [6.07, 6.45) is 0.926. The average Bonchev–Trinajstić information content (AvgIpc) is 2.86. The van der Waals surface area contributed by atoms with E-state index in [-0.39, 0.29) is 33.0 Å². The van der Waals surface area contributed by atoms with E-state index in [0.717, 1.165) is 6.42 Å². The molecular formula is C22H37N7O9. The van der Waals surface area contributed by atoms with Crippen molar-refractivity contribution in [1.82, 2.24) is 32.1 Å². The molecule has 0 aromatic carbocycles. The third-order valence-electron chi connectivity index (χ3n) is 6.05. The molecule has 16 nitrogen and oxygen atoms in total. The van der Waals surface area contributed by atoms with Gasteiger partial charge in [0.1, 0.15) is 24.2 Å². The van der Waals surface area contributed by atoms with Crippen LogP contribution in [0.3, 0.4) is 0 Å². The zero-order valence-electron chi connectivity index (χ0n) is 21.3. The van der Waals surface area contributed by atoms with Crippen molar-refractivity contribution in [2.24, 2.45) is 5.73 Å². The standard InChI is InChI=1S/C22H37N7O9/c1-13(30)17-19(34)24-7-8-37-9-10-38-12-16(32)27-22(5-3-2-4-6-22)20(35)29-28-18(33)14(11-15(23)31)25-21(36)26-17/h13-14,17,30H,2-12H2,1H3,(H2,23,31)(H,24,34)(H,27,32)(H,28,33)(H,29,35)(H2,25,26,36)/t13?,14-,17-/m0/s1. The zero-order chi connectivity index (χ0) is 28.1. The number of amides is 7. The number of carbonyl (C=O) groups is 6. The van der Waals surface area contributed by atoms with Crippen LogP contribution in [0.1, 0.15) is 45.4 Å². The van der Waals surface area contributed by atoms with Crippen molar-refractivity contribution in [3.05, 3.63) is 0 Å². The lowest BCUT2D eigenvalue weighted by atomic mass is 9.81. The molecule has 214 valence electrons. The number of urea groups is 1. The average molecular weight is 544 g/mol. The summed E-state index contributed by atoms with van der Waals surface area (Å²) in [5, 5.41) is 19.6. The largest absolute Gasteiger partial charge is 0.391 e. The maximum absolute atomic E-state index is 13.1. The van der Waals surface area contributed by atoms with Gasteiger partial charge in [-0.05, 0) is 19.8 Å². The molecule has 1 saturated heterocycles. The molecule has 1 aliphatic heterocycles. The Hall–Kier alpha value is -3.50. The fourth-order valence-corrected chi connectivity index (χ4v) is 4.09. The highest BCUT2D eigenvalue weighted by Crippen LogP contribution is 2.28. The molecule has 1 heterocycles. The molecule has 7 amide bonds. The van der Waals surface area contributed by atoms with Crippen molar-refractivity contribution in [1.29, 1.82) is 0 Å². The highest BCUT2D eigenvalue weighted by atomic mass is 16.5. The smallest absolute Gasteiger partial charge is 0.316 e. The Morgan fingerprint density at radius 3 is 2.34 bits per heavy atom. The molecule has 2 aliphatic rings. The molecule has 0 bridgehead atoms. The van der Waals surface area contributed by atoms with Crippen LogP contribution in [0, 0.1) is 0 Å². The molecule has 2 fully saturated rings. The first-order chi connectivity index (χ1) is 18.0. The Bertz CT molecular complexity index is 877. The van der Waals surface area contributed by atoms with Crippen LogP contribution in [0.2, 0.25) is 0 Å². The SMILES string of the molecule is CC(O)[C@@H]1NC(=O)N[C@@H](CC(N)=O)C(=O)NNC(=O)C2(CCCCC2)NC(=O)COCCOCCNC1=O. The lowest BCUT2D eigenvalue weighted by molar-refractivity contribution is -0.139. The second kappa shape index (κ2) is 15.0. The quantitative estimate of drug-likeness (QED) is 0.175. The van der Waals surface area contributed by atoms with E-state index in [0.29, 0.717) is 25.7 Å². The number of aliphatic hydroxyl groups excluding tert-OH is 1. The van der Waals surface area contributed by atoms with Gasteiger partial charge in [0.2, 0.25) is 17.7 Å². The molecule has 38 heavy (non-hydrogen) atoms. The molecule has 0 aromatic rings. The summed E-state index contributed by atoms with van der Waals surface area (Å²) in [5.74, 6) is -3.84. The van der Waals surface area contributed by atoms with Crippen LogP contribution in [0.5, 0.6) is 0 Å². The molecule has 1 spiro atoms. The summed E-state index contributed by atoms with van der Waals surface area (Å²) in [7, 11) is 0. The van der Waals surface area contributed by atoms with Crippen LogP contribution >= 0.6 is 0 Å². The summed E-state index contributed by atoms with van der Waals surface area (Å²) in [5.41, 5.74) is 8.32. The molecule has 3 atom stereocenters. The maximum Gasteiger partial charge on any atom is 0.316 e. The van der Waals surface area contributed by atoms with E-state index in [2.05, 4.69) is 32.1 Å². The van der Waals surface area contributed by atoms with E-state index in [1.807, 2.05) is 0 Å². The Morgan fingerprint density at radius 2 is 1.68 bits per heavy atom. The first-order valence-electron chi connectivity index (χ1n) is 12.4. The number of nitrogens with one attached hydrogen (secondary N) is 6. The van der Waals surface area contributed by atoms with Crippen LogP contribution in [-0.2, 0) is 33.4 Å². The van der Waals surface area contributed by atoms with Crippen LogP contribution in [0.4, 0.5) is 4.79 Å². The van der Waals surface area contributed by atoms with Crippen molar-refractivity contribution >= 4 is 35.6 Å². The predicted octanol–water partition coefficient (Wildman–Crippen LogP) is -3.59. The van der Waals surface area contributed by atoms with E-state index in [1.54, 1.807) is 0 Å². The van der Waals surface area contributed by atoms with E-state index >= 15 is 0 Å². The molecule has 0 radical (unpaired) electrons. The second-order valence-electron chi connectivity index (χ2n) is 9.15. The van der Waals surface area contributed by atoms with E-state index in [1.165, 1.54) is 6.92 Å². The Labute approximate surface area is 219 Å². The highest BCUT2D eigenvalue weighted by molar-refractivity contribution is 5.96. The normalized spacial score (nSPS) is 25.8. The van der Waals surface area contributed by atoms with Crippen LogP contribution < -0.4 is 37.9 Å². The number of hydrazine groups is 1. The molecule has 2 rings (SSSR count). The van der Waals surface area contributed by atoms with Crippen molar-refractivity contribution in [2.75, 3.05) is 33.0 Å². The fourth-order valence-electron chi connectivity index (χ4n) is 4.09. The number of primary amides is 1. The van der Waals surface area contributed by atoms with Crippen molar-refractivity contribution in [3.63, 3.8) is 0 Å². The van der Waals surface area contributed by atoms with Gasteiger partial charge in [0.15, 0.2) is 0 Å². The number of ether oxygens (including phenoxy) is 2. The summed E-state index contributed by atoms with van der Waals surface area (Å²) in [4.78, 5) is 74.8. The predicted molar refractivity (Wildman–Crippen MR) is 130 cm³/mol. The van der Waals surface area contributed by atoms with Crippen molar-refractivity contribution in [2.45, 2.75) is 69.2 Å². The van der Waals surface area contributed by atoms with Gasteiger partial charge < -0.3 is 41.6 Å². The fraction of sp³-hybridized carbons (Fsp3) is 0.727. The van der Waals surface area contributed by atoms with Gasteiger partial charge >= 0.3 is 6.03 Å². The van der Waals surface area contributed by atoms with Gasteiger partial charge in [-0.25, -0.2) is 4.79 Å². The number of aliphatic hydroxyl groups is 1. The van der Waals surface area contributed by atoms with Gasteiger partial charge in [-0.1, -0.05) is 19.3 Å². The van der Waals surface area contributed by atoms with E-state index < -0.39 is 65.7 Å². The lowest BCUT2D eigenvalue weighted by Crippen LogP contribution is -2.64. The summed E-state index contributed by atoms with van der Waals surface area (Å²) in [6, 6.07) is -3.97. The molecule has 1 unspecified atom stereocenters. The van der Waals surface area contributed by atoms with Gasteiger partial charge in [-0.3, -0.25) is 34.8 Å². The number of nitrogens with two attached hydrogens (primary N) is 1. The van der Waals surface area contributed by atoms with E-state index in [9.17, 15) is 33.9 Å². The van der Waals surface area contributed by atoms with Gasteiger partial charge in [0.05, 0.1) is 32.3 Å². The first kappa shape index (κ1) is 30.7. The van der Waals surface area contributed by atoms with Gasteiger partial charge in [0, 0.05) is 6.54 Å². The van der Waals surface area contributed by atoms with Crippen LogP contribution in [0.25, 0.3) is 0 Å². The van der Waals surface area contributed by atoms with Crippen molar-refractivity contribution < 1.29 is 43.3 Å². The van der Waals surface area contributed by atoms with Crippen LogP contribution in [0.15, 0.2) is 0 Å². The van der Waals surface area contributed by atoms with Crippen LogP contribution in [-0.4, -0.2) is 97.4 Å². The third kappa shape index (κ3) is 9.75. The summed E-state index contributed by atoms with van der Waals surface area (Å²) in [6.45, 7) is 1.30. The Balaban J connectivity index is 2.20. The lowest BCUT2D eigenvalue weighted by Gasteiger charge is -2.36. The molecule has 1 saturated carbocycles. The molecule has 0 aromatic heterocycles. The Morgan fingerprint density at radius 1 is 1.00 bits per heavy atom. The molecular weight excluding hydrogens is 506 g/mol. The molecule has 1 aliphatic carbocycles. The minimum absolute atomic E-state index is 0.0504. The summed E-state index contributed by atoms with van der Waals surface area (Å²) >= 11 is 0. The third-order valence-corrected chi connectivity index (χ3v) is 6.05. The summed E-state index contributed by atoms with van der Waals surface area (Å²) < 4.78 is 10.6. The van der Waals surface area contributed by atoms with Gasteiger partial charge in [-0.2, -0.15) is 0 Å². The second-order valence-corrected chi connectivity index (χ2v) is 9.15. The first-order valence-corrected chi connectivity index (χ1v) is 12.4. The highest BCUT2D eigenvalue weighted by Gasteiger charge is 2.41. The van der Waals surface area contributed by atoms with Crippen molar-refractivity contribution in [3.8, 4) is 0 Å².